The molecule has 3 rings (SSSR count). The van der Waals surface area contributed by atoms with Crippen LogP contribution in [0.15, 0.2) is 48.5 Å². The SMILES string of the molecule is O=C(NCc1ccc(F)cc1)C1CCCN(Cc2ccccc2Cl)C1. The number of nitrogens with zero attached hydrogens (tertiary/aromatic N) is 1. The molecular formula is C20H22ClFN2O. The Balaban J connectivity index is 1.52. The molecule has 2 aromatic carbocycles. The maximum absolute atomic E-state index is 12.9. The standard InChI is InChI=1S/C20H22ClFN2O/c21-19-6-2-1-4-16(19)13-24-11-3-5-17(14-24)20(25)23-12-15-7-9-18(22)10-8-15/h1-2,4,6-10,17H,3,5,11-14H2,(H,23,25). The number of nitrogens with one attached hydrogen (secondary N) is 1. The first-order valence-corrected chi connectivity index (χ1v) is 8.97. The van der Waals surface area contributed by atoms with E-state index in [4.69, 9.17) is 11.6 Å². The summed E-state index contributed by atoms with van der Waals surface area (Å²) in [5, 5.41) is 3.74. The summed E-state index contributed by atoms with van der Waals surface area (Å²) < 4.78 is 12.9. The van der Waals surface area contributed by atoms with Crippen molar-refractivity contribution in [2.45, 2.75) is 25.9 Å². The lowest BCUT2D eigenvalue weighted by atomic mass is 9.96. The van der Waals surface area contributed by atoms with E-state index in [9.17, 15) is 9.18 Å². The topological polar surface area (TPSA) is 32.3 Å². The number of hydrogen-bond acceptors (Lipinski definition) is 2. The van der Waals surface area contributed by atoms with E-state index in [0.29, 0.717) is 6.54 Å². The van der Waals surface area contributed by atoms with Crippen molar-refractivity contribution in [2.24, 2.45) is 5.92 Å². The minimum absolute atomic E-state index is 0.0170. The molecule has 0 aromatic heterocycles. The number of benzene rings is 2. The number of likely N-dealkylation sites (tertiary alicyclic amines) is 1. The summed E-state index contributed by atoms with van der Waals surface area (Å²) in [6.45, 7) is 2.91. The maximum Gasteiger partial charge on any atom is 0.224 e. The Hall–Kier alpha value is -1.91. The van der Waals surface area contributed by atoms with Crippen molar-refractivity contribution in [1.29, 1.82) is 0 Å². The lowest BCUT2D eigenvalue weighted by Gasteiger charge is -2.32. The van der Waals surface area contributed by atoms with Crippen LogP contribution >= 0.6 is 11.6 Å². The third kappa shape index (κ3) is 5.03. The van der Waals surface area contributed by atoms with Gasteiger partial charge >= 0.3 is 0 Å². The van der Waals surface area contributed by atoms with Crippen LogP contribution in [0.5, 0.6) is 0 Å². The molecule has 1 heterocycles. The highest BCUT2D eigenvalue weighted by Crippen LogP contribution is 2.22. The van der Waals surface area contributed by atoms with Crippen molar-refractivity contribution in [3.05, 3.63) is 70.5 Å². The molecule has 1 atom stereocenters. The first-order chi connectivity index (χ1) is 12.1. The molecule has 1 saturated heterocycles. The summed E-state index contributed by atoms with van der Waals surface area (Å²) in [6, 6.07) is 14.0. The van der Waals surface area contributed by atoms with E-state index in [0.717, 1.165) is 48.6 Å². The van der Waals surface area contributed by atoms with Crippen molar-refractivity contribution >= 4 is 17.5 Å². The zero-order chi connectivity index (χ0) is 17.6. The van der Waals surface area contributed by atoms with Crippen LogP contribution in [0.1, 0.15) is 24.0 Å². The van der Waals surface area contributed by atoms with Gasteiger partial charge in [-0.2, -0.15) is 0 Å². The van der Waals surface area contributed by atoms with Gasteiger partial charge in [-0.05, 0) is 48.7 Å². The van der Waals surface area contributed by atoms with Crippen molar-refractivity contribution in [3.8, 4) is 0 Å². The van der Waals surface area contributed by atoms with Crippen LogP contribution in [-0.2, 0) is 17.9 Å². The Kier molecular flexibility index (Phi) is 6.05. The van der Waals surface area contributed by atoms with Crippen molar-refractivity contribution < 1.29 is 9.18 Å². The van der Waals surface area contributed by atoms with Gasteiger partial charge in [-0.3, -0.25) is 9.69 Å². The van der Waals surface area contributed by atoms with Crippen LogP contribution in [0.25, 0.3) is 0 Å². The second kappa shape index (κ2) is 8.45. The first kappa shape index (κ1) is 17.9. The van der Waals surface area contributed by atoms with Crippen molar-refractivity contribution in [3.63, 3.8) is 0 Å². The van der Waals surface area contributed by atoms with E-state index in [1.807, 2.05) is 24.3 Å². The van der Waals surface area contributed by atoms with Crippen molar-refractivity contribution in [2.75, 3.05) is 13.1 Å². The second-order valence-electron chi connectivity index (χ2n) is 6.51. The lowest BCUT2D eigenvalue weighted by Crippen LogP contribution is -2.42. The predicted octanol–water partition coefficient (Wildman–Crippen LogP) is 4.01. The molecule has 132 valence electrons. The normalized spacial score (nSPS) is 18.1. The van der Waals surface area contributed by atoms with Crippen molar-refractivity contribution in [1.82, 2.24) is 10.2 Å². The van der Waals surface area contributed by atoms with Gasteiger partial charge in [0, 0.05) is 24.7 Å². The van der Waals surface area contributed by atoms with E-state index in [2.05, 4.69) is 10.2 Å². The summed E-state index contributed by atoms with van der Waals surface area (Å²) in [7, 11) is 0. The van der Waals surface area contributed by atoms with Crippen LogP contribution in [0, 0.1) is 11.7 Å². The molecule has 1 N–H and O–H groups in total. The van der Waals surface area contributed by atoms with Gasteiger partial charge < -0.3 is 5.32 Å². The fourth-order valence-electron chi connectivity index (χ4n) is 3.22. The molecular weight excluding hydrogens is 339 g/mol. The van der Waals surface area contributed by atoms with Gasteiger partial charge in [-0.1, -0.05) is 41.9 Å². The van der Waals surface area contributed by atoms with E-state index in [-0.39, 0.29) is 17.6 Å². The monoisotopic (exact) mass is 360 g/mol. The molecule has 0 aliphatic carbocycles. The molecule has 3 nitrogen and oxygen atoms in total. The largest absolute Gasteiger partial charge is 0.352 e. The molecule has 0 radical (unpaired) electrons. The zero-order valence-electron chi connectivity index (χ0n) is 14.1. The second-order valence-corrected chi connectivity index (χ2v) is 6.92. The Bertz CT molecular complexity index is 720. The average molecular weight is 361 g/mol. The number of carbonyl (C=O) groups is 1. The van der Waals surface area contributed by atoms with Crippen LogP contribution in [0.2, 0.25) is 5.02 Å². The molecule has 0 bridgehead atoms. The van der Waals surface area contributed by atoms with E-state index < -0.39 is 0 Å². The Morgan fingerprint density at radius 3 is 2.72 bits per heavy atom. The molecule has 1 amide bonds. The van der Waals surface area contributed by atoms with Gasteiger partial charge in [0.25, 0.3) is 0 Å². The average Bonchev–Trinajstić information content (AvgIpc) is 2.63. The van der Waals surface area contributed by atoms with Crippen LogP contribution in [-0.4, -0.2) is 23.9 Å². The third-order valence-corrected chi connectivity index (χ3v) is 4.98. The fourth-order valence-corrected chi connectivity index (χ4v) is 3.41. The van der Waals surface area contributed by atoms with Gasteiger partial charge in [-0.15, -0.1) is 0 Å². The highest BCUT2D eigenvalue weighted by Gasteiger charge is 2.25. The van der Waals surface area contributed by atoms with Crippen LogP contribution < -0.4 is 5.32 Å². The Morgan fingerprint density at radius 2 is 1.96 bits per heavy atom. The van der Waals surface area contributed by atoms with Gasteiger partial charge in [0.05, 0.1) is 5.92 Å². The van der Waals surface area contributed by atoms with E-state index >= 15 is 0 Å². The number of halogens is 2. The fraction of sp³-hybridized carbons (Fsp3) is 0.350. The quantitative estimate of drug-likeness (QED) is 0.873. The molecule has 1 aliphatic rings. The molecule has 5 heteroatoms. The summed E-state index contributed by atoms with van der Waals surface area (Å²) in [5.41, 5.74) is 2.00. The molecule has 25 heavy (non-hydrogen) atoms. The van der Waals surface area contributed by atoms with Gasteiger partial charge in [-0.25, -0.2) is 4.39 Å². The maximum atomic E-state index is 12.9. The molecule has 1 fully saturated rings. The first-order valence-electron chi connectivity index (χ1n) is 8.60. The summed E-state index contributed by atoms with van der Waals surface area (Å²) in [6.07, 6.45) is 1.90. The molecule has 0 saturated carbocycles. The highest BCUT2D eigenvalue weighted by atomic mass is 35.5. The summed E-state index contributed by atoms with van der Waals surface area (Å²) >= 11 is 6.24. The van der Waals surface area contributed by atoms with Gasteiger partial charge in [0.2, 0.25) is 5.91 Å². The minimum Gasteiger partial charge on any atom is -0.352 e. The lowest BCUT2D eigenvalue weighted by molar-refractivity contribution is -0.126. The van der Waals surface area contributed by atoms with E-state index in [1.54, 1.807) is 12.1 Å². The molecule has 1 unspecified atom stereocenters. The molecule has 1 aliphatic heterocycles. The number of rotatable bonds is 5. The van der Waals surface area contributed by atoms with Crippen LogP contribution in [0.3, 0.4) is 0 Å². The number of piperidine rings is 1. The number of amides is 1. The Morgan fingerprint density at radius 1 is 1.20 bits per heavy atom. The number of carbonyl (C=O) groups excluding carboxylic acids is 1. The van der Waals surface area contributed by atoms with E-state index in [1.165, 1.54) is 12.1 Å². The summed E-state index contributed by atoms with van der Waals surface area (Å²) in [5.74, 6) is -0.220. The number of hydrogen-bond donors (Lipinski definition) is 1. The third-order valence-electron chi connectivity index (χ3n) is 4.61. The van der Waals surface area contributed by atoms with Gasteiger partial charge in [0.15, 0.2) is 0 Å². The predicted molar refractivity (Wildman–Crippen MR) is 97.7 cm³/mol. The Labute approximate surface area is 152 Å². The molecule has 0 spiro atoms. The van der Waals surface area contributed by atoms with Crippen LogP contribution in [0.4, 0.5) is 4.39 Å². The zero-order valence-corrected chi connectivity index (χ0v) is 14.8. The minimum atomic E-state index is -0.266. The molecule has 2 aromatic rings. The smallest absolute Gasteiger partial charge is 0.224 e. The van der Waals surface area contributed by atoms with Gasteiger partial charge in [0.1, 0.15) is 5.82 Å². The summed E-state index contributed by atoms with van der Waals surface area (Å²) in [4.78, 5) is 14.7. The highest BCUT2D eigenvalue weighted by molar-refractivity contribution is 6.31.